The first-order chi connectivity index (χ1) is 15.0. The van der Waals surface area contributed by atoms with Crippen LogP contribution in [0.3, 0.4) is 0 Å². The minimum Gasteiger partial charge on any atom is -0.495 e. The SMILES string of the molecule is COc1ccccc1N1CCN(C(=O)Cc2csc(NC(=O)C3CCC(=O)N3)n2)CC1. The molecule has 1 aromatic heterocycles. The number of benzene rings is 1. The molecule has 2 saturated heterocycles. The number of ether oxygens (including phenoxy) is 1. The molecule has 0 bridgehead atoms. The minimum absolute atomic E-state index is 0.0194. The fraction of sp³-hybridized carbons (Fsp3) is 0.429. The Balaban J connectivity index is 1.28. The molecule has 2 N–H and O–H groups in total. The molecule has 3 amide bonds. The number of rotatable bonds is 6. The number of nitrogens with zero attached hydrogens (tertiary/aromatic N) is 3. The number of nitrogens with one attached hydrogen (secondary N) is 2. The van der Waals surface area contributed by atoms with Crippen molar-refractivity contribution in [2.24, 2.45) is 0 Å². The van der Waals surface area contributed by atoms with Crippen molar-refractivity contribution < 1.29 is 19.1 Å². The molecule has 1 unspecified atom stereocenters. The average Bonchev–Trinajstić information content (AvgIpc) is 3.42. The topological polar surface area (TPSA) is 104 Å². The van der Waals surface area contributed by atoms with Gasteiger partial charge in [-0.15, -0.1) is 11.3 Å². The molecule has 1 aromatic carbocycles. The molecule has 4 rings (SSSR count). The summed E-state index contributed by atoms with van der Waals surface area (Å²) in [6, 6.07) is 7.37. The van der Waals surface area contributed by atoms with E-state index in [1.807, 2.05) is 29.2 Å². The zero-order chi connectivity index (χ0) is 21.8. The molecule has 1 atom stereocenters. The third-order valence-electron chi connectivity index (χ3n) is 5.48. The first-order valence-corrected chi connectivity index (χ1v) is 11.1. The molecule has 2 aliphatic heterocycles. The van der Waals surface area contributed by atoms with Gasteiger partial charge in [0, 0.05) is 38.0 Å². The molecule has 2 aromatic rings. The van der Waals surface area contributed by atoms with E-state index in [0.29, 0.717) is 36.8 Å². The van der Waals surface area contributed by atoms with Gasteiger partial charge in [0.05, 0.1) is 24.9 Å². The van der Waals surface area contributed by atoms with Crippen molar-refractivity contribution in [3.05, 3.63) is 35.3 Å². The summed E-state index contributed by atoms with van der Waals surface area (Å²) in [5.41, 5.74) is 1.67. The van der Waals surface area contributed by atoms with E-state index < -0.39 is 6.04 Å². The van der Waals surface area contributed by atoms with Crippen LogP contribution in [0.1, 0.15) is 18.5 Å². The number of methoxy groups -OCH3 is 1. The lowest BCUT2D eigenvalue weighted by Gasteiger charge is -2.36. The van der Waals surface area contributed by atoms with Gasteiger partial charge in [0.1, 0.15) is 11.8 Å². The second-order valence-corrected chi connectivity index (χ2v) is 8.37. The predicted octanol–water partition coefficient (Wildman–Crippen LogP) is 1.26. The number of hydrogen-bond acceptors (Lipinski definition) is 7. The lowest BCUT2D eigenvalue weighted by Crippen LogP contribution is -2.49. The Morgan fingerprint density at radius 3 is 2.74 bits per heavy atom. The lowest BCUT2D eigenvalue weighted by molar-refractivity contribution is -0.130. The molecule has 10 heteroatoms. The molecule has 3 heterocycles. The van der Waals surface area contributed by atoms with Crippen LogP contribution in [0.25, 0.3) is 0 Å². The highest BCUT2D eigenvalue weighted by atomic mass is 32.1. The van der Waals surface area contributed by atoms with E-state index in [-0.39, 0.29) is 24.1 Å². The number of hydrogen-bond donors (Lipinski definition) is 2. The van der Waals surface area contributed by atoms with Crippen LogP contribution in [0.15, 0.2) is 29.6 Å². The van der Waals surface area contributed by atoms with Crippen molar-refractivity contribution in [2.45, 2.75) is 25.3 Å². The zero-order valence-corrected chi connectivity index (χ0v) is 18.1. The highest BCUT2D eigenvalue weighted by molar-refractivity contribution is 7.13. The van der Waals surface area contributed by atoms with E-state index in [9.17, 15) is 14.4 Å². The molecule has 0 saturated carbocycles. The maximum absolute atomic E-state index is 12.7. The zero-order valence-electron chi connectivity index (χ0n) is 17.3. The third kappa shape index (κ3) is 4.96. The molecule has 2 aliphatic rings. The van der Waals surface area contributed by atoms with Gasteiger partial charge in [0.2, 0.25) is 17.7 Å². The minimum atomic E-state index is -0.513. The predicted molar refractivity (Wildman–Crippen MR) is 117 cm³/mol. The van der Waals surface area contributed by atoms with Crippen LogP contribution in [0.5, 0.6) is 5.75 Å². The van der Waals surface area contributed by atoms with Crippen molar-refractivity contribution in [2.75, 3.05) is 43.5 Å². The number of amides is 3. The number of para-hydroxylation sites is 2. The molecule has 0 aliphatic carbocycles. The van der Waals surface area contributed by atoms with Gasteiger partial charge in [-0.3, -0.25) is 14.4 Å². The van der Waals surface area contributed by atoms with E-state index in [4.69, 9.17) is 4.74 Å². The van der Waals surface area contributed by atoms with Crippen molar-refractivity contribution in [1.82, 2.24) is 15.2 Å². The number of piperazine rings is 1. The molecular weight excluding hydrogens is 418 g/mol. The Morgan fingerprint density at radius 1 is 1.26 bits per heavy atom. The Hall–Kier alpha value is -3.14. The van der Waals surface area contributed by atoms with Crippen molar-refractivity contribution in [3.8, 4) is 5.75 Å². The second kappa shape index (κ2) is 9.34. The number of aromatic nitrogens is 1. The summed E-state index contributed by atoms with van der Waals surface area (Å²) < 4.78 is 5.44. The van der Waals surface area contributed by atoms with Gasteiger partial charge < -0.3 is 25.2 Å². The van der Waals surface area contributed by atoms with Gasteiger partial charge in [-0.2, -0.15) is 0 Å². The highest BCUT2D eigenvalue weighted by Crippen LogP contribution is 2.28. The summed E-state index contributed by atoms with van der Waals surface area (Å²) in [6.45, 7) is 2.73. The quantitative estimate of drug-likeness (QED) is 0.697. The van der Waals surface area contributed by atoms with Crippen LogP contribution in [0.4, 0.5) is 10.8 Å². The van der Waals surface area contributed by atoms with E-state index in [0.717, 1.165) is 24.5 Å². The summed E-state index contributed by atoms with van der Waals surface area (Å²) in [4.78, 5) is 44.6. The summed E-state index contributed by atoms with van der Waals surface area (Å²) in [5, 5.41) is 7.58. The number of carbonyl (C=O) groups excluding carboxylic acids is 3. The maximum Gasteiger partial charge on any atom is 0.248 e. The van der Waals surface area contributed by atoms with Gasteiger partial charge in [-0.05, 0) is 18.6 Å². The van der Waals surface area contributed by atoms with Crippen molar-refractivity contribution >= 4 is 39.9 Å². The maximum atomic E-state index is 12.7. The van der Waals surface area contributed by atoms with Crippen molar-refractivity contribution in [3.63, 3.8) is 0 Å². The molecule has 2 fully saturated rings. The molecule has 31 heavy (non-hydrogen) atoms. The molecule has 0 radical (unpaired) electrons. The van der Waals surface area contributed by atoms with Crippen LogP contribution in [0.2, 0.25) is 0 Å². The first kappa shape index (κ1) is 21.1. The van der Waals surface area contributed by atoms with Crippen LogP contribution in [-0.4, -0.2) is 66.9 Å². The average molecular weight is 444 g/mol. The summed E-state index contributed by atoms with van der Waals surface area (Å²) >= 11 is 1.28. The Bertz CT molecular complexity index is 970. The standard InChI is InChI=1S/C21H25N5O4S/c1-30-17-5-3-2-4-16(17)25-8-10-26(11-9-25)19(28)12-14-13-31-21(22-14)24-20(29)15-6-7-18(27)23-15/h2-5,13,15H,6-12H2,1H3,(H,23,27)(H,22,24,29). The van der Waals surface area contributed by atoms with E-state index >= 15 is 0 Å². The van der Waals surface area contributed by atoms with E-state index in [1.165, 1.54) is 11.3 Å². The number of carbonyl (C=O) groups is 3. The molecule has 0 spiro atoms. The van der Waals surface area contributed by atoms with Gasteiger partial charge >= 0.3 is 0 Å². The van der Waals surface area contributed by atoms with Crippen LogP contribution in [-0.2, 0) is 20.8 Å². The Labute approximate surface area is 184 Å². The van der Waals surface area contributed by atoms with Crippen molar-refractivity contribution in [1.29, 1.82) is 0 Å². The van der Waals surface area contributed by atoms with E-state index in [2.05, 4.69) is 20.5 Å². The third-order valence-corrected chi connectivity index (χ3v) is 6.29. The molecular formula is C21H25N5O4S. The largest absolute Gasteiger partial charge is 0.495 e. The summed E-state index contributed by atoms with van der Waals surface area (Å²) in [6.07, 6.45) is 1.05. The summed E-state index contributed by atoms with van der Waals surface area (Å²) in [7, 11) is 1.66. The van der Waals surface area contributed by atoms with Gasteiger partial charge in [0.25, 0.3) is 0 Å². The molecule has 164 valence electrons. The number of anilines is 2. The fourth-order valence-electron chi connectivity index (χ4n) is 3.80. The van der Waals surface area contributed by atoms with Gasteiger partial charge in [0.15, 0.2) is 5.13 Å². The van der Waals surface area contributed by atoms with Crippen LogP contribution >= 0.6 is 11.3 Å². The fourth-order valence-corrected chi connectivity index (χ4v) is 4.52. The Kier molecular flexibility index (Phi) is 6.36. The first-order valence-electron chi connectivity index (χ1n) is 10.2. The highest BCUT2D eigenvalue weighted by Gasteiger charge is 2.28. The van der Waals surface area contributed by atoms with Crippen LogP contribution < -0.4 is 20.3 Å². The van der Waals surface area contributed by atoms with Crippen LogP contribution in [0, 0.1) is 0 Å². The van der Waals surface area contributed by atoms with Gasteiger partial charge in [-0.1, -0.05) is 12.1 Å². The van der Waals surface area contributed by atoms with E-state index in [1.54, 1.807) is 12.5 Å². The normalized spacial score (nSPS) is 18.6. The lowest BCUT2D eigenvalue weighted by atomic mass is 10.2. The number of thiazole rings is 1. The monoisotopic (exact) mass is 443 g/mol. The summed E-state index contributed by atoms with van der Waals surface area (Å²) in [5.74, 6) is 0.462. The second-order valence-electron chi connectivity index (χ2n) is 7.51. The Morgan fingerprint density at radius 2 is 2.03 bits per heavy atom. The van der Waals surface area contributed by atoms with Gasteiger partial charge in [-0.25, -0.2) is 4.98 Å². The molecule has 9 nitrogen and oxygen atoms in total. The smallest absolute Gasteiger partial charge is 0.248 e.